The molecule has 0 aromatic carbocycles. The highest BCUT2D eigenvalue weighted by molar-refractivity contribution is 6.62. The summed E-state index contributed by atoms with van der Waals surface area (Å²) in [5.41, 5.74) is 1.11. The van der Waals surface area contributed by atoms with E-state index in [9.17, 15) is 0 Å². The molecule has 0 aliphatic carbocycles. The van der Waals surface area contributed by atoms with Crippen LogP contribution in [0.25, 0.3) is 0 Å². The third-order valence-corrected chi connectivity index (χ3v) is 4.03. The second-order valence-corrected chi connectivity index (χ2v) is 6.19. The molecule has 2 rings (SSSR count). The zero-order valence-corrected chi connectivity index (χ0v) is 12.9. The monoisotopic (exact) mass is 281 g/mol. The molecule has 1 aliphatic heterocycles. The summed E-state index contributed by atoms with van der Waals surface area (Å²) in [6, 6.07) is 0. The number of aliphatic hydroxyl groups is 1. The number of aliphatic hydroxyl groups excluding tert-OH is 1. The Morgan fingerprint density at radius 3 is 2.45 bits per heavy atom. The Kier molecular flexibility index (Phi) is 4.25. The number of aryl methyl sites for hydroxylation is 1. The first-order valence-corrected chi connectivity index (χ1v) is 6.96. The minimum atomic E-state index is -0.403. The van der Waals surface area contributed by atoms with Crippen molar-refractivity contribution in [2.24, 2.45) is 7.05 Å². The van der Waals surface area contributed by atoms with E-state index in [0.717, 1.165) is 11.2 Å². The lowest BCUT2D eigenvalue weighted by molar-refractivity contribution is 0.00578. The van der Waals surface area contributed by atoms with Gasteiger partial charge in [0.05, 0.1) is 23.5 Å². The molecule has 0 bridgehead atoms. The highest BCUT2D eigenvalue weighted by Gasteiger charge is 2.52. The smallest absolute Gasteiger partial charge is 0.399 e. The number of hydrogen-bond donors (Lipinski definition) is 2. The summed E-state index contributed by atoms with van der Waals surface area (Å²) >= 11 is 0. The van der Waals surface area contributed by atoms with Crippen LogP contribution in [0.3, 0.4) is 0 Å². The summed E-state index contributed by atoms with van der Waals surface area (Å²) in [6.45, 7) is 9.37. The number of hydrogen-bond acceptors (Lipinski definition) is 5. The first-order valence-electron chi connectivity index (χ1n) is 6.96. The van der Waals surface area contributed by atoms with Gasteiger partial charge in [0.2, 0.25) is 0 Å². The molecule has 1 aromatic rings. The molecule has 2 heterocycles. The van der Waals surface area contributed by atoms with E-state index in [-0.39, 0.29) is 17.8 Å². The van der Waals surface area contributed by atoms with Gasteiger partial charge in [-0.1, -0.05) is 0 Å². The van der Waals surface area contributed by atoms with Crippen molar-refractivity contribution in [2.75, 3.05) is 13.2 Å². The van der Waals surface area contributed by atoms with Crippen molar-refractivity contribution < 1.29 is 14.4 Å². The molecule has 0 atom stereocenters. The fourth-order valence-electron chi connectivity index (χ4n) is 2.14. The minimum Gasteiger partial charge on any atom is -0.399 e. The van der Waals surface area contributed by atoms with Crippen molar-refractivity contribution >= 4 is 12.6 Å². The predicted octanol–water partition coefficient (Wildman–Crippen LogP) is -0.199. The first-order chi connectivity index (χ1) is 9.27. The van der Waals surface area contributed by atoms with Crippen LogP contribution in [0.15, 0.2) is 6.20 Å². The molecule has 0 spiro atoms. The molecule has 1 fully saturated rings. The van der Waals surface area contributed by atoms with Crippen LogP contribution in [0.2, 0.25) is 0 Å². The maximum Gasteiger partial charge on any atom is 0.498 e. The molecule has 2 N–H and O–H groups in total. The molecular formula is C13H24BN3O3. The van der Waals surface area contributed by atoms with Crippen LogP contribution in [-0.4, -0.2) is 46.4 Å². The number of nitrogens with one attached hydrogen (secondary N) is 1. The molecular weight excluding hydrogens is 257 g/mol. The fraction of sp³-hybridized carbons (Fsp3) is 0.769. The van der Waals surface area contributed by atoms with Crippen LogP contribution in [0, 0.1) is 0 Å². The van der Waals surface area contributed by atoms with Crippen LogP contribution in [0.5, 0.6) is 0 Å². The Bertz CT molecular complexity index is 457. The van der Waals surface area contributed by atoms with Gasteiger partial charge in [0.25, 0.3) is 0 Å². The Balaban J connectivity index is 2.17. The van der Waals surface area contributed by atoms with E-state index in [1.54, 1.807) is 4.68 Å². The van der Waals surface area contributed by atoms with E-state index in [0.29, 0.717) is 13.1 Å². The average Bonchev–Trinajstić information content (AvgIpc) is 2.78. The maximum absolute atomic E-state index is 8.83. The highest BCUT2D eigenvalue weighted by Crippen LogP contribution is 2.36. The van der Waals surface area contributed by atoms with Crippen LogP contribution in [-0.2, 0) is 22.9 Å². The SMILES string of the molecule is Cn1cc(B2OC(C)(C)C(C)(C)O2)c(CNCCO)n1. The van der Waals surface area contributed by atoms with Gasteiger partial charge in [0, 0.05) is 31.8 Å². The molecule has 1 saturated heterocycles. The maximum atomic E-state index is 8.83. The quantitative estimate of drug-likeness (QED) is 0.578. The largest absolute Gasteiger partial charge is 0.498 e. The van der Waals surface area contributed by atoms with Crippen molar-refractivity contribution in [1.82, 2.24) is 15.1 Å². The van der Waals surface area contributed by atoms with Gasteiger partial charge >= 0.3 is 7.12 Å². The Hall–Kier alpha value is -0.885. The second-order valence-electron chi connectivity index (χ2n) is 6.19. The van der Waals surface area contributed by atoms with Gasteiger partial charge in [-0.05, 0) is 27.7 Å². The van der Waals surface area contributed by atoms with Crippen LogP contribution in [0.4, 0.5) is 0 Å². The third kappa shape index (κ3) is 2.91. The van der Waals surface area contributed by atoms with Crippen molar-refractivity contribution in [2.45, 2.75) is 45.4 Å². The van der Waals surface area contributed by atoms with Crippen molar-refractivity contribution in [3.05, 3.63) is 11.9 Å². The molecule has 0 saturated carbocycles. The van der Waals surface area contributed by atoms with Crippen molar-refractivity contribution in [1.29, 1.82) is 0 Å². The Labute approximate surface area is 120 Å². The molecule has 1 aromatic heterocycles. The summed E-state index contributed by atoms with van der Waals surface area (Å²) in [5, 5.41) is 16.4. The third-order valence-electron chi connectivity index (χ3n) is 4.03. The lowest BCUT2D eigenvalue weighted by Crippen LogP contribution is -2.41. The average molecular weight is 281 g/mol. The van der Waals surface area contributed by atoms with Gasteiger partial charge in [0.15, 0.2) is 0 Å². The van der Waals surface area contributed by atoms with E-state index in [1.165, 1.54) is 0 Å². The Morgan fingerprint density at radius 2 is 1.90 bits per heavy atom. The van der Waals surface area contributed by atoms with Crippen LogP contribution < -0.4 is 10.8 Å². The molecule has 6 nitrogen and oxygen atoms in total. The lowest BCUT2D eigenvalue weighted by atomic mass is 9.79. The lowest BCUT2D eigenvalue weighted by Gasteiger charge is -2.32. The second kappa shape index (κ2) is 5.48. The van der Waals surface area contributed by atoms with Gasteiger partial charge in [-0.3, -0.25) is 4.68 Å². The van der Waals surface area contributed by atoms with Gasteiger partial charge in [-0.25, -0.2) is 0 Å². The van der Waals surface area contributed by atoms with Gasteiger partial charge in [-0.2, -0.15) is 5.10 Å². The summed E-state index contributed by atoms with van der Waals surface area (Å²) in [6.07, 6.45) is 1.93. The molecule has 7 heteroatoms. The molecule has 1 aliphatic rings. The highest BCUT2D eigenvalue weighted by atomic mass is 16.7. The molecule has 0 amide bonds. The topological polar surface area (TPSA) is 68.5 Å². The zero-order valence-electron chi connectivity index (χ0n) is 12.9. The van der Waals surface area contributed by atoms with Crippen LogP contribution >= 0.6 is 0 Å². The standard InChI is InChI=1S/C13H24BN3O3/c1-12(2)13(3,4)20-14(19-12)10-9-17(5)16-11(10)8-15-6-7-18/h9,15,18H,6-8H2,1-5H3. The van der Waals surface area contributed by atoms with E-state index >= 15 is 0 Å². The molecule has 20 heavy (non-hydrogen) atoms. The molecule has 112 valence electrons. The number of aromatic nitrogens is 2. The van der Waals surface area contributed by atoms with E-state index < -0.39 is 7.12 Å². The van der Waals surface area contributed by atoms with Gasteiger partial charge in [0.1, 0.15) is 0 Å². The summed E-state index contributed by atoms with van der Waals surface area (Å²) < 4.78 is 13.9. The summed E-state index contributed by atoms with van der Waals surface area (Å²) in [5.74, 6) is 0. The van der Waals surface area contributed by atoms with E-state index in [2.05, 4.69) is 10.4 Å². The Morgan fingerprint density at radius 1 is 1.30 bits per heavy atom. The van der Waals surface area contributed by atoms with Gasteiger partial charge < -0.3 is 19.7 Å². The van der Waals surface area contributed by atoms with E-state index in [1.807, 2.05) is 40.9 Å². The number of rotatable bonds is 5. The van der Waals surface area contributed by atoms with Crippen LogP contribution in [0.1, 0.15) is 33.4 Å². The first kappa shape index (κ1) is 15.5. The normalized spacial score (nSPS) is 20.6. The summed E-state index contributed by atoms with van der Waals surface area (Å²) in [7, 11) is 1.48. The van der Waals surface area contributed by atoms with E-state index in [4.69, 9.17) is 14.4 Å². The zero-order chi connectivity index (χ0) is 15.0. The van der Waals surface area contributed by atoms with Crippen molar-refractivity contribution in [3.63, 3.8) is 0 Å². The molecule has 0 unspecified atom stereocenters. The predicted molar refractivity (Wildman–Crippen MR) is 77.7 cm³/mol. The number of nitrogens with zero attached hydrogens (tertiary/aromatic N) is 2. The van der Waals surface area contributed by atoms with Crippen molar-refractivity contribution in [3.8, 4) is 0 Å². The molecule has 0 radical (unpaired) electrons. The fourth-order valence-corrected chi connectivity index (χ4v) is 2.14. The van der Waals surface area contributed by atoms with Gasteiger partial charge in [-0.15, -0.1) is 0 Å². The summed E-state index contributed by atoms with van der Waals surface area (Å²) in [4.78, 5) is 0. The minimum absolute atomic E-state index is 0.110.